The summed E-state index contributed by atoms with van der Waals surface area (Å²) in [6, 6.07) is 8.42. The predicted octanol–water partition coefficient (Wildman–Crippen LogP) is 2.61. The summed E-state index contributed by atoms with van der Waals surface area (Å²) in [7, 11) is 0. The van der Waals surface area contributed by atoms with Crippen LogP contribution in [0.4, 0.5) is 5.69 Å². The van der Waals surface area contributed by atoms with Gasteiger partial charge in [-0.25, -0.2) is 4.98 Å². The largest absolute Gasteiger partial charge is 0.383 e. The van der Waals surface area contributed by atoms with Crippen molar-refractivity contribution in [3.05, 3.63) is 48.0 Å². The van der Waals surface area contributed by atoms with E-state index in [0.717, 1.165) is 18.9 Å². The van der Waals surface area contributed by atoms with Crippen LogP contribution in [0.25, 0.3) is 0 Å². The van der Waals surface area contributed by atoms with Crippen LogP contribution < -0.4 is 5.32 Å². The van der Waals surface area contributed by atoms with E-state index in [0.29, 0.717) is 0 Å². The van der Waals surface area contributed by atoms with Gasteiger partial charge in [0.2, 0.25) is 0 Å². The summed E-state index contributed by atoms with van der Waals surface area (Å²) < 4.78 is 2.14. The van der Waals surface area contributed by atoms with E-state index in [1.54, 1.807) is 0 Å². The third-order valence-electron chi connectivity index (χ3n) is 2.62. The molecule has 0 amide bonds. The first kappa shape index (κ1) is 10.7. The lowest BCUT2D eigenvalue weighted by molar-refractivity contribution is 0.701. The van der Waals surface area contributed by atoms with Crippen molar-refractivity contribution < 1.29 is 0 Å². The van der Waals surface area contributed by atoms with Gasteiger partial charge in [0.15, 0.2) is 0 Å². The average Bonchev–Trinajstić information content (AvgIpc) is 2.65. The van der Waals surface area contributed by atoms with Crippen LogP contribution in [-0.4, -0.2) is 16.1 Å². The topological polar surface area (TPSA) is 29.9 Å². The first-order valence-electron chi connectivity index (χ1n) is 5.54. The van der Waals surface area contributed by atoms with E-state index in [1.807, 2.05) is 19.3 Å². The molecule has 3 heteroatoms. The Bertz CT molecular complexity index is 460. The minimum absolute atomic E-state index is 0.917. The zero-order valence-electron chi connectivity index (χ0n) is 9.77. The van der Waals surface area contributed by atoms with Crippen LogP contribution in [0, 0.1) is 13.8 Å². The van der Waals surface area contributed by atoms with Crippen LogP contribution in [0.3, 0.4) is 0 Å². The van der Waals surface area contributed by atoms with Gasteiger partial charge in [-0.1, -0.05) is 12.1 Å². The van der Waals surface area contributed by atoms with Crippen molar-refractivity contribution in [3.8, 4) is 0 Å². The maximum Gasteiger partial charge on any atom is 0.105 e. The summed E-state index contributed by atoms with van der Waals surface area (Å²) in [5.74, 6) is 1.06. The lowest BCUT2D eigenvalue weighted by Crippen LogP contribution is -2.10. The van der Waals surface area contributed by atoms with Gasteiger partial charge >= 0.3 is 0 Å². The monoisotopic (exact) mass is 215 g/mol. The smallest absolute Gasteiger partial charge is 0.105 e. The highest BCUT2D eigenvalue weighted by Gasteiger charge is 1.96. The molecule has 0 bridgehead atoms. The SMILES string of the molecule is Cc1cccc(NCCn2ccnc2C)c1. The number of nitrogens with zero attached hydrogens (tertiary/aromatic N) is 2. The van der Waals surface area contributed by atoms with E-state index >= 15 is 0 Å². The molecular formula is C13H17N3. The minimum atomic E-state index is 0.917. The van der Waals surface area contributed by atoms with E-state index in [4.69, 9.17) is 0 Å². The van der Waals surface area contributed by atoms with Gasteiger partial charge in [-0.05, 0) is 31.5 Å². The summed E-state index contributed by atoms with van der Waals surface area (Å²) in [4.78, 5) is 4.19. The van der Waals surface area contributed by atoms with E-state index in [2.05, 4.69) is 46.1 Å². The van der Waals surface area contributed by atoms with Crippen LogP contribution >= 0.6 is 0 Å². The Morgan fingerprint density at radius 2 is 2.19 bits per heavy atom. The van der Waals surface area contributed by atoms with Crippen LogP contribution in [0.2, 0.25) is 0 Å². The van der Waals surface area contributed by atoms with Crippen LogP contribution in [0.15, 0.2) is 36.7 Å². The Hall–Kier alpha value is -1.77. The standard InChI is InChI=1S/C13H17N3/c1-11-4-3-5-13(10-11)15-7-9-16-8-6-14-12(16)2/h3-6,8,10,15H,7,9H2,1-2H3. The van der Waals surface area contributed by atoms with Gasteiger partial charge in [0.05, 0.1) is 0 Å². The van der Waals surface area contributed by atoms with Crippen molar-refractivity contribution in [2.75, 3.05) is 11.9 Å². The van der Waals surface area contributed by atoms with E-state index in [-0.39, 0.29) is 0 Å². The Kier molecular flexibility index (Phi) is 3.25. The van der Waals surface area contributed by atoms with Crippen molar-refractivity contribution in [1.82, 2.24) is 9.55 Å². The fourth-order valence-electron chi connectivity index (χ4n) is 1.72. The second-order valence-corrected chi connectivity index (χ2v) is 3.96. The molecule has 84 valence electrons. The van der Waals surface area contributed by atoms with Crippen LogP contribution in [0.1, 0.15) is 11.4 Å². The van der Waals surface area contributed by atoms with E-state index in [1.165, 1.54) is 11.3 Å². The van der Waals surface area contributed by atoms with Gasteiger partial charge in [-0.3, -0.25) is 0 Å². The lowest BCUT2D eigenvalue weighted by atomic mass is 10.2. The maximum atomic E-state index is 4.19. The summed E-state index contributed by atoms with van der Waals surface area (Å²) >= 11 is 0. The normalized spacial score (nSPS) is 10.4. The van der Waals surface area contributed by atoms with Gasteiger partial charge in [0, 0.05) is 31.2 Å². The lowest BCUT2D eigenvalue weighted by Gasteiger charge is -2.08. The zero-order valence-corrected chi connectivity index (χ0v) is 9.77. The average molecular weight is 215 g/mol. The number of anilines is 1. The number of nitrogens with one attached hydrogen (secondary N) is 1. The Morgan fingerprint density at radius 3 is 2.88 bits per heavy atom. The second-order valence-electron chi connectivity index (χ2n) is 3.96. The molecule has 0 aliphatic carbocycles. The van der Waals surface area contributed by atoms with Gasteiger partial charge in [0.25, 0.3) is 0 Å². The van der Waals surface area contributed by atoms with Crippen LogP contribution in [0.5, 0.6) is 0 Å². The van der Waals surface area contributed by atoms with Crippen molar-refractivity contribution in [2.24, 2.45) is 0 Å². The molecule has 16 heavy (non-hydrogen) atoms. The molecule has 2 aromatic rings. The number of benzene rings is 1. The van der Waals surface area contributed by atoms with E-state index < -0.39 is 0 Å². The number of aryl methyl sites for hydroxylation is 2. The molecule has 3 nitrogen and oxygen atoms in total. The van der Waals surface area contributed by atoms with Gasteiger partial charge in [0.1, 0.15) is 5.82 Å². The molecule has 0 atom stereocenters. The van der Waals surface area contributed by atoms with E-state index in [9.17, 15) is 0 Å². The number of aromatic nitrogens is 2. The zero-order chi connectivity index (χ0) is 11.4. The van der Waals surface area contributed by atoms with Gasteiger partial charge < -0.3 is 9.88 Å². The highest BCUT2D eigenvalue weighted by Crippen LogP contribution is 2.09. The molecular weight excluding hydrogens is 198 g/mol. The molecule has 0 fully saturated rings. The highest BCUT2D eigenvalue weighted by atomic mass is 15.1. The Labute approximate surface area is 96.1 Å². The molecule has 1 heterocycles. The molecule has 0 saturated heterocycles. The Balaban J connectivity index is 1.87. The number of hydrogen-bond acceptors (Lipinski definition) is 2. The molecule has 1 aromatic carbocycles. The number of rotatable bonds is 4. The third-order valence-corrected chi connectivity index (χ3v) is 2.62. The van der Waals surface area contributed by atoms with Gasteiger partial charge in [-0.15, -0.1) is 0 Å². The fraction of sp³-hybridized carbons (Fsp3) is 0.308. The molecule has 1 N–H and O–H groups in total. The molecule has 0 unspecified atom stereocenters. The molecule has 1 aromatic heterocycles. The van der Waals surface area contributed by atoms with Crippen molar-refractivity contribution >= 4 is 5.69 Å². The number of hydrogen-bond donors (Lipinski definition) is 1. The molecule has 0 spiro atoms. The summed E-state index contributed by atoms with van der Waals surface area (Å²) in [5, 5.41) is 3.40. The highest BCUT2D eigenvalue weighted by molar-refractivity contribution is 5.45. The minimum Gasteiger partial charge on any atom is -0.383 e. The fourth-order valence-corrected chi connectivity index (χ4v) is 1.72. The van der Waals surface area contributed by atoms with Crippen molar-refractivity contribution in [3.63, 3.8) is 0 Å². The molecule has 0 saturated carbocycles. The second kappa shape index (κ2) is 4.84. The Morgan fingerprint density at radius 1 is 1.31 bits per heavy atom. The molecule has 0 aliphatic rings. The van der Waals surface area contributed by atoms with Crippen LogP contribution in [-0.2, 0) is 6.54 Å². The van der Waals surface area contributed by atoms with Crippen molar-refractivity contribution in [2.45, 2.75) is 20.4 Å². The quantitative estimate of drug-likeness (QED) is 0.849. The summed E-state index contributed by atoms with van der Waals surface area (Å²) in [5.41, 5.74) is 2.46. The number of imidazole rings is 1. The molecule has 2 rings (SSSR count). The first-order chi connectivity index (χ1) is 7.75. The van der Waals surface area contributed by atoms with Gasteiger partial charge in [-0.2, -0.15) is 0 Å². The third kappa shape index (κ3) is 2.63. The molecule has 0 aliphatic heterocycles. The van der Waals surface area contributed by atoms with Crippen molar-refractivity contribution in [1.29, 1.82) is 0 Å². The molecule has 0 radical (unpaired) electrons. The summed E-state index contributed by atoms with van der Waals surface area (Å²) in [6.07, 6.45) is 3.84. The maximum absolute atomic E-state index is 4.19. The first-order valence-corrected chi connectivity index (χ1v) is 5.54. The predicted molar refractivity (Wildman–Crippen MR) is 66.6 cm³/mol. The summed E-state index contributed by atoms with van der Waals surface area (Å²) in [6.45, 7) is 5.98.